The maximum Gasteiger partial charge on any atom is 0.224 e. The van der Waals surface area contributed by atoms with E-state index < -0.39 is 0 Å². The van der Waals surface area contributed by atoms with Crippen molar-refractivity contribution in [3.63, 3.8) is 0 Å². The number of amides is 1. The molecule has 0 aliphatic heterocycles. The third-order valence-electron chi connectivity index (χ3n) is 5.14. The number of nitrogens with one attached hydrogen (secondary N) is 1. The van der Waals surface area contributed by atoms with Gasteiger partial charge in [-0.15, -0.1) is 0 Å². The summed E-state index contributed by atoms with van der Waals surface area (Å²) in [6.45, 7) is 0.605. The summed E-state index contributed by atoms with van der Waals surface area (Å²) in [4.78, 5) is 12.3. The maximum atomic E-state index is 13.0. The van der Waals surface area contributed by atoms with Gasteiger partial charge in [-0.1, -0.05) is 43.2 Å². The van der Waals surface area contributed by atoms with E-state index in [0.717, 1.165) is 37.0 Å². The van der Waals surface area contributed by atoms with Crippen molar-refractivity contribution in [3.8, 4) is 5.75 Å². The van der Waals surface area contributed by atoms with Crippen molar-refractivity contribution in [3.05, 3.63) is 65.5 Å². The monoisotopic (exact) mass is 341 g/mol. The maximum absolute atomic E-state index is 13.0. The van der Waals surface area contributed by atoms with Crippen LogP contribution in [0.25, 0.3) is 0 Å². The minimum Gasteiger partial charge on any atom is -0.496 e. The molecule has 3 rings (SSSR count). The van der Waals surface area contributed by atoms with Crippen molar-refractivity contribution >= 4 is 5.91 Å². The van der Waals surface area contributed by atoms with Crippen molar-refractivity contribution in [2.24, 2.45) is 0 Å². The molecule has 0 aromatic heterocycles. The van der Waals surface area contributed by atoms with E-state index >= 15 is 0 Å². The lowest BCUT2D eigenvalue weighted by molar-refractivity contribution is -0.120. The molecule has 4 heteroatoms. The molecule has 132 valence electrons. The molecular weight excluding hydrogens is 317 g/mol. The molecule has 1 aliphatic rings. The van der Waals surface area contributed by atoms with Crippen LogP contribution in [0.1, 0.15) is 36.8 Å². The highest BCUT2D eigenvalue weighted by molar-refractivity contribution is 5.78. The Hall–Kier alpha value is -2.36. The molecular formula is C21H24FNO2. The Bertz CT molecular complexity index is 721. The lowest BCUT2D eigenvalue weighted by Crippen LogP contribution is -2.39. The first-order valence-electron chi connectivity index (χ1n) is 8.78. The van der Waals surface area contributed by atoms with Crippen LogP contribution in [-0.4, -0.2) is 19.6 Å². The van der Waals surface area contributed by atoms with Crippen LogP contribution in [-0.2, 0) is 16.6 Å². The largest absolute Gasteiger partial charge is 0.496 e. The van der Waals surface area contributed by atoms with Crippen molar-refractivity contribution in [1.29, 1.82) is 0 Å². The first kappa shape index (κ1) is 17.5. The zero-order valence-corrected chi connectivity index (χ0v) is 14.6. The molecule has 0 saturated heterocycles. The molecule has 1 N–H and O–H groups in total. The second kappa shape index (κ2) is 7.68. The zero-order chi connectivity index (χ0) is 17.7. The zero-order valence-electron chi connectivity index (χ0n) is 14.6. The summed E-state index contributed by atoms with van der Waals surface area (Å²) < 4.78 is 18.5. The number of hydrogen-bond acceptors (Lipinski definition) is 2. The van der Waals surface area contributed by atoms with Crippen LogP contribution in [0.5, 0.6) is 5.75 Å². The van der Waals surface area contributed by atoms with Crippen molar-refractivity contribution in [2.75, 3.05) is 13.7 Å². The summed E-state index contributed by atoms with van der Waals surface area (Å²) in [5.74, 6) is 0.565. The highest BCUT2D eigenvalue weighted by Gasteiger charge is 2.37. The first-order valence-corrected chi connectivity index (χ1v) is 8.78. The number of carbonyl (C=O) groups is 1. The number of para-hydroxylation sites is 1. The summed E-state index contributed by atoms with van der Waals surface area (Å²) in [6, 6.07) is 14.2. The molecule has 0 bridgehead atoms. The first-order chi connectivity index (χ1) is 12.1. The third-order valence-corrected chi connectivity index (χ3v) is 5.14. The highest BCUT2D eigenvalue weighted by atomic mass is 19.1. The van der Waals surface area contributed by atoms with Crippen molar-refractivity contribution < 1.29 is 13.9 Å². The second-order valence-electron chi connectivity index (χ2n) is 6.77. The molecule has 1 aliphatic carbocycles. The minimum absolute atomic E-state index is 0.0345. The van der Waals surface area contributed by atoms with E-state index in [1.807, 2.05) is 18.2 Å². The Morgan fingerprint density at radius 1 is 1.12 bits per heavy atom. The van der Waals surface area contributed by atoms with Gasteiger partial charge in [0.15, 0.2) is 0 Å². The fourth-order valence-electron chi connectivity index (χ4n) is 3.79. The smallest absolute Gasteiger partial charge is 0.224 e. The van der Waals surface area contributed by atoms with Gasteiger partial charge in [0.05, 0.1) is 13.5 Å². The molecule has 3 nitrogen and oxygen atoms in total. The molecule has 25 heavy (non-hydrogen) atoms. The van der Waals surface area contributed by atoms with Crippen LogP contribution >= 0.6 is 0 Å². The molecule has 0 spiro atoms. The van der Waals surface area contributed by atoms with Crippen LogP contribution in [0.4, 0.5) is 4.39 Å². The van der Waals surface area contributed by atoms with Crippen LogP contribution in [0.15, 0.2) is 48.5 Å². The fraction of sp³-hybridized carbons (Fsp3) is 0.381. The average molecular weight is 341 g/mol. The standard InChI is InChI=1S/C21H24FNO2/c1-25-19-7-3-2-6-18(19)21(12-4-5-13-21)15-23-20(24)14-16-8-10-17(22)11-9-16/h2-3,6-11H,4-5,12-15H2,1H3,(H,23,24). The van der Waals surface area contributed by atoms with Crippen LogP contribution < -0.4 is 10.1 Å². The average Bonchev–Trinajstić information content (AvgIpc) is 3.12. The van der Waals surface area contributed by atoms with Crippen molar-refractivity contribution in [2.45, 2.75) is 37.5 Å². The molecule has 0 unspecified atom stereocenters. The Morgan fingerprint density at radius 2 is 1.80 bits per heavy atom. The van der Waals surface area contributed by atoms with E-state index in [2.05, 4.69) is 11.4 Å². The number of carbonyl (C=O) groups excluding carboxylic acids is 1. The second-order valence-corrected chi connectivity index (χ2v) is 6.77. The lowest BCUT2D eigenvalue weighted by atomic mass is 9.78. The topological polar surface area (TPSA) is 38.3 Å². The Morgan fingerprint density at radius 3 is 2.48 bits per heavy atom. The molecule has 1 saturated carbocycles. The fourth-order valence-corrected chi connectivity index (χ4v) is 3.79. The number of halogens is 1. The van der Waals surface area contributed by atoms with E-state index in [9.17, 15) is 9.18 Å². The Labute approximate surface area is 148 Å². The molecule has 2 aromatic rings. The minimum atomic E-state index is -0.287. The molecule has 2 aromatic carbocycles. The summed E-state index contributed by atoms with van der Waals surface area (Å²) in [6.07, 6.45) is 4.68. The van der Waals surface area contributed by atoms with E-state index in [1.54, 1.807) is 19.2 Å². The van der Waals surface area contributed by atoms with Gasteiger partial charge in [-0.05, 0) is 36.6 Å². The van der Waals surface area contributed by atoms with E-state index in [-0.39, 0.29) is 23.6 Å². The summed E-state index contributed by atoms with van der Waals surface area (Å²) in [5, 5.41) is 3.09. The van der Waals surface area contributed by atoms with Gasteiger partial charge in [0.25, 0.3) is 0 Å². The van der Waals surface area contributed by atoms with Gasteiger partial charge in [0.2, 0.25) is 5.91 Å². The number of benzene rings is 2. The van der Waals surface area contributed by atoms with E-state index in [4.69, 9.17) is 4.74 Å². The van der Waals surface area contributed by atoms with Crippen LogP contribution in [0.2, 0.25) is 0 Å². The van der Waals surface area contributed by atoms with Gasteiger partial charge >= 0.3 is 0 Å². The van der Waals surface area contributed by atoms with E-state index in [1.165, 1.54) is 17.7 Å². The van der Waals surface area contributed by atoms with Gasteiger partial charge < -0.3 is 10.1 Å². The molecule has 0 atom stereocenters. The van der Waals surface area contributed by atoms with E-state index in [0.29, 0.717) is 6.54 Å². The summed E-state index contributed by atoms with van der Waals surface area (Å²) >= 11 is 0. The van der Waals surface area contributed by atoms with Gasteiger partial charge in [-0.2, -0.15) is 0 Å². The molecule has 1 amide bonds. The van der Waals surface area contributed by atoms with Gasteiger partial charge in [-0.25, -0.2) is 4.39 Å². The number of methoxy groups -OCH3 is 1. The number of rotatable bonds is 6. The molecule has 0 radical (unpaired) electrons. The van der Waals surface area contributed by atoms with Crippen LogP contribution in [0, 0.1) is 5.82 Å². The molecule has 0 heterocycles. The SMILES string of the molecule is COc1ccccc1C1(CNC(=O)Cc2ccc(F)cc2)CCCC1. The highest BCUT2D eigenvalue weighted by Crippen LogP contribution is 2.44. The van der Waals surface area contributed by atoms with Gasteiger partial charge in [0.1, 0.15) is 11.6 Å². The summed E-state index contributed by atoms with van der Waals surface area (Å²) in [5.41, 5.74) is 1.93. The van der Waals surface area contributed by atoms with Crippen molar-refractivity contribution in [1.82, 2.24) is 5.32 Å². The number of hydrogen-bond donors (Lipinski definition) is 1. The third kappa shape index (κ3) is 4.01. The normalized spacial score (nSPS) is 15.8. The summed E-state index contributed by atoms with van der Waals surface area (Å²) in [7, 11) is 1.69. The van der Waals surface area contributed by atoms with Gasteiger partial charge in [-0.3, -0.25) is 4.79 Å². The Kier molecular flexibility index (Phi) is 5.37. The predicted molar refractivity (Wildman–Crippen MR) is 96.3 cm³/mol. The molecule has 1 fully saturated rings. The lowest BCUT2D eigenvalue weighted by Gasteiger charge is -2.31. The van der Waals surface area contributed by atoms with Gasteiger partial charge in [0, 0.05) is 17.5 Å². The predicted octanol–water partition coefficient (Wildman–Crippen LogP) is 4.01. The van der Waals surface area contributed by atoms with Crippen LogP contribution in [0.3, 0.4) is 0 Å². The Balaban J connectivity index is 1.70. The number of ether oxygens (including phenoxy) is 1. The quantitative estimate of drug-likeness (QED) is 0.862.